The van der Waals surface area contributed by atoms with Crippen LogP contribution < -0.4 is 14.8 Å². The number of hydrogen-bond acceptors (Lipinski definition) is 4. The Morgan fingerprint density at radius 3 is 2.22 bits per heavy atom. The lowest BCUT2D eigenvalue weighted by atomic mass is 10.1. The van der Waals surface area contributed by atoms with Gasteiger partial charge in [0.1, 0.15) is 12.4 Å². The molecule has 0 heterocycles. The van der Waals surface area contributed by atoms with Crippen molar-refractivity contribution in [1.82, 2.24) is 5.32 Å². The number of carbonyl (C=O) groups is 1. The maximum Gasteiger partial charge on any atom is 0.261 e. The van der Waals surface area contributed by atoms with E-state index in [-0.39, 0.29) is 10.8 Å². The molecule has 6 nitrogen and oxygen atoms in total. The van der Waals surface area contributed by atoms with Gasteiger partial charge in [-0.2, -0.15) is 0 Å². The number of amides is 1. The Bertz CT molecular complexity index is 1220. The first kappa shape index (κ1) is 23.3. The van der Waals surface area contributed by atoms with E-state index in [1.54, 1.807) is 49.4 Å². The van der Waals surface area contributed by atoms with Crippen LogP contribution in [0.15, 0.2) is 65.6 Å². The molecular weight excluding hydrogens is 424 g/mol. The first-order chi connectivity index (χ1) is 15.2. The lowest BCUT2D eigenvalue weighted by Crippen LogP contribution is -2.28. The number of benzene rings is 3. The minimum absolute atomic E-state index is 0.167. The molecule has 32 heavy (non-hydrogen) atoms. The number of ether oxygens (including phenoxy) is 1. The van der Waals surface area contributed by atoms with Crippen LogP contribution in [0.25, 0.3) is 0 Å². The quantitative estimate of drug-likeness (QED) is 0.492. The molecule has 0 aliphatic carbocycles. The van der Waals surface area contributed by atoms with Crippen LogP contribution in [0.5, 0.6) is 5.75 Å². The highest BCUT2D eigenvalue weighted by atomic mass is 32.2. The van der Waals surface area contributed by atoms with Crippen LogP contribution in [-0.2, 0) is 10.0 Å². The zero-order valence-electron chi connectivity index (χ0n) is 18.7. The van der Waals surface area contributed by atoms with E-state index < -0.39 is 10.0 Å². The van der Waals surface area contributed by atoms with Gasteiger partial charge >= 0.3 is 0 Å². The third kappa shape index (κ3) is 5.88. The molecule has 0 atom stereocenters. The summed E-state index contributed by atoms with van der Waals surface area (Å²) in [5.74, 6) is 0.454. The predicted molar refractivity (Wildman–Crippen MR) is 127 cm³/mol. The zero-order valence-corrected chi connectivity index (χ0v) is 19.5. The average molecular weight is 453 g/mol. The van der Waals surface area contributed by atoms with E-state index in [2.05, 4.69) is 10.0 Å². The molecule has 7 heteroatoms. The lowest BCUT2D eigenvalue weighted by Gasteiger charge is -2.13. The van der Waals surface area contributed by atoms with Gasteiger partial charge in [0.05, 0.1) is 17.1 Å². The average Bonchev–Trinajstić information content (AvgIpc) is 2.75. The maximum atomic E-state index is 12.7. The van der Waals surface area contributed by atoms with Crippen molar-refractivity contribution in [2.75, 3.05) is 17.9 Å². The fourth-order valence-electron chi connectivity index (χ4n) is 3.03. The van der Waals surface area contributed by atoms with Crippen molar-refractivity contribution in [2.24, 2.45) is 0 Å². The van der Waals surface area contributed by atoms with Crippen LogP contribution in [0.1, 0.15) is 32.6 Å². The SMILES string of the molecule is Cc1ccc(S(=O)(=O)Nc2cc(C(=O)NCCOc3ccc(C)c(C)c3)ccc2C)cc1. The number of hydrogen-bond donors (Lipinski definition) is 2. The minimum atomic E-state index is -3.75. The topological polar surface area (TPSA) is 84.5 Å². The molecule has 3 rings (SSSR count). The molecule has 0 unspecified atom stereocenters. The highest BCUT2D eigenvalue weighted by Crippen LogP contribution is 2.22. The molecular formula is C25H28N2O4S. The molecule has 0 aliphatic heterocycles. The Kier molecular flexibility index (Phi) is 7.20. The van der Waals surface area contributed by atoms with Crippen molar-refractivity contribution in [2.45, 2.75) is 32.6 Å². The molecule has 0 saturated heterocycles. The van der Waals surface area contributed by atoms with Crippen LogP contribution >= 0.6 is 0 Å². The Labute approximate surface area is 189 Å². The van der Waals surface area contributed by atoms with Gasteiger partial charge in [0.25, 0.3) is 15.9 Å². The van der Waals surface area contributed by atoms with Gasteiger partial charge < -0.3 is 10.1 Å². The summed E-state index contributed by atoms with van der Waals surface area (Å²) in [6.07, 6.45) is 0. The van der Waals surface area contributed by atoms with Gasteiger partial charge in [0.15, 0.2) is 0 Å². The molecule has 1 amide bonds. The summed E-state index contributed by atoms with van der Waals surface area (Å²) < 4.78 is 33.7. The van der Waals surface area contributed by atoms with Crippen molar-refractivity contribution in [1.29, 1.82) is 0 Å². The Morgan fingerprint density at radius 1 is 0.844 bits per heavy atom. The van der Waals surface area contributed by atoms with E-state index in [1.807, 2.05) is 39.0 Å². The van der Waals surface area contributed by atoms with E-state index in [9.17, 15) is 13.2 Å². The first-order valence-electron chi connectivity index (χ1n) is 10.3. The number of nitrogens with one attached hydrogen (secondary N) is 2. The summed E-state index contributed by atoms with van der Waals surface area (Å²) in [6.45, 7) is 8.38. The predicted octanol–water partition coefficient (Wildman–Crippen LogP) is 4.53. The molecule has 0 spiro atoms. The summed E-state index contributed by atoms with van der Waals surface area (Å²) in [5.41, 5.74) is 4.76. The molecule has 0 fully saturated rings. The zero-order chi connectivity index (χ0) is 23.3. The first-order valence-corrected chi connectivity index (χ1v) is 11.8. The molecule has 168 valence electrons. The van der Waals surface area contributed by atoms with Crippen molar-refractivity contribution < 1.29 is 17.9 Å². The second-order valence-electron chi connectivity index (χ2n) is 7.80. The van der Waals surface area contributed by atoms with Crippen molar-refractivity contribution >= 4 is 21.6 Å². The molecule has 0 bridgehead atoms. The molecule has 0 radical (unpaired) electrons. The van der Waals surface area contributed by atoms with Gasteiger partial charge in [-0.05, 0) is 80.8 Å². The van der Waals surface area contributed by atoms with Crippen LogP contribution in [0, 0.1) is 27.7 Å². The van der Waals surface area contributed by atoms with E-state index >= 15 is 0 Å². The number of sulfonamides is 1. The lowest BCUT2D eigenvalue weighted by molar-refractivity contribution is 0.0947. The Morgan fingerprint density at radius 2 is 1.53 bits per heavy atom. The van der Waals surface area contributed by atoms with Gasteiger partial charge in [-0.3, -0.25) is 9.52 Å². The molecule has 3 aromatic carbocycles. The maximum absolute atomic E-state index is 12.7. The van der Waals surface area contributed by atoms with E-state index in [0.717, 1.165) is 22.4 Å². The summed E-state index contributed by atoms with van der Waals surface area (Å²) in [6, 6.07) is 17.4. The van der Waals surface area contributed by atoms with E-state index in [1.165, 1.54) is 5.56 Å². The fraction of sp³-hybridized carbons (Fsp3) is 0.240. The highest BCUT2D eigenvalue weighted by molar-refractivity contribution is 7.92. The van der Waals surface area contributed by atoms with Crippen molar-refractivity contribution in [3.8, 4) is 5.75 Å². The molecule has 0 aromatic heterocycles. The highest BCUT2D eigenvalue weighted by Gasteiger charge is 2.16. The molecule has 2 N–H and O–H groups in total. The smallest absolute Gasteiger partial charge is 0.261 e. The summed E-state index contributed by atoms with van der Waals surface area (Å²) in [7, 11) is -3.75. The second kappa shape index (κ2) is 9.87. The van der Waals surface area contributed by atoms with Crippen LogP contribution in [0.4, 0.5) is 5.69 Å². The fourth-order valence-corrected chi connectivity index (χ4v) is 4.16. The number of anilines is 1. The monoisotopic (exact) mass is 452 g/mol. The summed E-state index contributed by atoms with van der Waals surface area (Å²) in [4.78, 5) is 12.7. The van der Waals surface area contributed by atoms with Crippen LogP contribution in [-0.4, -0.2) is 27.5 Å². The third-order valence-electron chi connectivity index (χ3n) is 5.21. The number of carbonyl (C=O) groups excluding carboxylic acids is 1. The second-order valence-corrected chi connectivity index (χ2v) is 9.48. The molecule has 3 aromatic rings. The standard InChI is InChI=1S/C25H28N2O4S/c1-17-5-11-23(12-6-17)32(29,30)27-24-16-21(9-7-19(24)3)25(28)26-13-14-31-22-10-8-18(2)20(4)15-22/h5-12,15-16,27H,13-14H2,1-4H3,(H,26,28). The van der Waals surface area contributed by atoms with Crippen molar-refractivity contribution in [3.05, 3.63) is 88.5 Å². The Hall–Kier alpha value is -3.32. The van der Waals surface area contributed by atoms with E-state index in [0.29, 0.717) is 24.4 Å². The third-order valence-corrected chi connectivity index (χ3v) is 6.59. The normalized spacial score (nSPS) is 11.1. The molecule has 0 saturated carbocycles. The van der Waals surface area contributed by atoms with Gasteiger partial charge in [0.2, 0.25) is 0 Å². The Balaban J connectivity index is 1.62. The summed E-state index contributed by atoms with van der Waals surface area (Å²) in [5, 5.41) is 2.80. The molecule has 0 aliphatic rings. The van der Waals surface area contributed by atoms with Crippen molar-refractivity contribution in [3.63, 3.8) is 0 Å². The number of aryl methyl sites for hydroxylation is 4. The van der Waals surface area contributed by atoms with Gasteiger partial charge in [0, 0.05) is 5.56 Å². The van der Waals surface area contributed by atoms with E-state index in [4.69, 9.17) is 4.74 Å². The number of rotatable bonds is 8. The van der Waals surface area contributed by atoms with Crippen LogP contribution in [0.2, 0.25) is 0 Å². The van der Waals surface area contributed by atoms with Crippen LogP contribution in [0.3, 0.4) is 0 Å². The van der Waals surface area contributed by atoms with Gasteiger partial charge in [-0.25, -0.2) is 8.42 Å². The van der Waals surface area contributed by atoms with Gasteiger partial charge in [-0.15, -0.1) is 0 Å². The largest absolute Gasteiger partial charge is 0.492 e. The summed E-state index contributed by atoms with van der Waals surface area (Å²) >= 11 is 0. The van der Waals surface area contributed by atoms with Gasteiger partial charge in [-0.1, -0.05) is 29.8 Å². The minimum Gasteiger partial charge on any atom is -0.492 e.